The zero-order valence-electron chi connectivity index (χ0n) is 12.6. The van der Waals surface area contributed by atoms with Crippen LogP contribution in [0.15, 0.2) is 47.6 Å². The van der Waals surface area contributed by atoms with E-state index in [1.165, 1.54) is 6.21 Å². The van der Waals surface area contributed by atoms with Crippen molar-refractivity contribution in [3.05, 3.63) is 62.2 Å². The number of amides is 1. The van der Waals surface area contributed by atoms with Gasteiger partial charge in [-0.05, 0) is 71.5 Å². The number of hydrogen-bond acceptors (Lipinski definition) is 3. The monoisotopic (exact) mass is 442 g/mol. The second-order valence-electron chi connectivity index (χ2n) is 4.74. The van der Waals surface area contributed by atoms with Crippen LogP contribution in [0, 0.1) is 3.57 Å². The lowest BCUT2D eigenvalue weighted by atomic mass is 10.2. The van der Waals surface area contributed by atoms with E-state index in [1.54, 1.807) is 30.3 Å². The minimum Gasteiger partial charge on any atom is -0.493 e. The molecule has 0 aliphatic carbocycles. The van der Waals surface area contributed by atoms with Crippen molar-refractivity contribution in [1.82, 2.24) is 5.43 Å². The summed E-state index contributed by atoms with van der Waals surface area (Å²) in [6, 6.07) is 12.5. The number of nitrogens with one attached hydrogen (secondary N) is 1. The first-order valence-corrected chi connectivity index (χ1v) is 8.57. The van der Waals surface area contributed by atoms with Gasteiger partial charge in [0.25, 0.3) is 5.91 Å². The predicted molar refractivity (Wildman–Crippen MR) is 101 cm³/mol. The Hall–Kier alpha value is -1.60. The molecule has 0 aliphatic rings. The van der Waals surface area contributed by atoms with Crippen molar-refractivity contribution in [2.45, 2.75) is 13.3 Å². The highest BCUT2D eigenvalue weighted by Crippen LogP contribution is 2.21. The average Bonchev–Trinajstić information content (AvgIpc) is 2.54. The average molecular weight is 443 g/mol. The van der Waals surface area contributed by atoms with Crippen LogP contribution in [-0.2, 0) is 0 Å². The molecule has 0 saturated carbocycles. The van der Waals surface area contributed by atoms with E-state index >= 15 is 0 Å². The number of hydrogen-bond donors (Lipinski definition) is 1. The molecule has 6 heteroatoms. The molecule has 1 N–H and O–H groups in total. The van der Waals surface area contributed by atoms with E-state index in [0.29, 0.717) is 28.5 Å². The quantitative estimate of drug-likeness (QED) is 0.407. The fraction of sp³-hybridized carbons (Fsp3) is 0.176. The number of carbonyl (C=O) groups excluding carboxylic acids is 1. The van der Waals surface area contributed by atoms with Gasteiger partial charge in [0.1, 0.15) is 5.75 Å². The second kappa shape index (κ2) is 8.88. The summed E-state index contributed by atoms with van der Waals surface area (Å²) in [4.78, 5) is 12.0. The highest BCUT2D eigenvalue weighted by atomic mass is 127. The molecular weight excluding hydrogens is 427 g/mol. The molecule has 0 bridgehead atoms. The van der Waals surface area contributed by atoms with E-state index in [4.69, 9.17) is 16.3 Å². The topological polar surface area (TPSA) is 50.7 Å². The lowest BCUT2D eigenvalue weighted by Crippen LogP contribution is -2.17. The fourth-order valence-corrected chi connectivity index (χ4v) is 2.33. The first kappa shape index (κ1) is 17.7. The Kier molecular flexibility index (Phi) is 6.85. The molecule has 0 radical (unpaired) electrons. The standard InChI is InChI=1S/C17H16ClIN2O2/c1-2-9-23-16-8-5-14(18)10-13(16)11-20-21-17(22)12-3-6-15(19)7-4-12/h3-8,10-11H,2,9H2,1H3,(H,21,22)/b20-11-. The van der Waals surface area contributed by atoms with Gasteiger partial charge in [-0.1, -0.05) is 18.5 Å². The van der Waals surface area contributed by atoms with Crippen molar-refractivity contribution in [1.29, 1.82) is 0 Å². The van der Waals surface area contributed by atoms with Gasteiger partial charge in [-0.3, -0.25) is 4.79 Å². The van der Waals surface area contributed by atoms with Crippen LogP contribution in [0.1, 0.15) is 29.3 Å². The third-order valence-electron chi connectivity index (χ3n) is 2.91. The normalized spacial score (nSPS) is 10.7. The summed E-state index contributed by atoms with van der Waals surface area (Å²) in [7, 11) is 0. The van der Waals surface area contributed by atoms with Gasteiger partial charge in [0, 0.05) is 19.7 Å². The molecule has 0 aromatic heterocycles. The van der Waals surface area contributed by atoms with Crippen molar-refractivity contribution in [3.8, 4) is 5.75 Å². The maximum absolute atomic E-state index is 12.0. The molecule has 0 unspecified atom stereocenters. The molecule has 0 spiro atoms. The summed E-state index contributed by atoms with van der Waals surface area (Å²) in [5, 5.41) is 4.57. The highest BCUT2D eigenvalue weighted by Gasteiger charge is 2.05. The SMILES string of the molecule is CCCOc1ccc(Cl)cc1/C=N\NC(=O)c1ccc(I)cc1. The Morgan fingerprint density at radius 1 is 1.30 bits per heavy atom. The minimum absolute atomic E-state index is 0.268. The minimum atomic E-state index is -0.268. The lowest BCUT2D eigenvalue weighted by Gasteiger charge is -2.08. The molecular formula is C17H16ClIN2O2. The zero-order chi connectivity index (χ0) is 16.7. The van der Waals surface area contributed by atoms with Gasteiger partial charge in [-0.2, -0.15) is 5.10 Å². The molecule has 0 heterocycles. The van der Waals surface area contributed by atoms with Crippen LogP contribution in [-0.4, -0.2) is 18.7 Å². The first-order valence-electron chi connectivity index (χ1n) is 7.11. The van der Waals surface area contributed by atoms with E-state index < -0.39 is 0 Å². The van der Waals surface area contributed by atoms with Crippen LogP contribution in [0.4, 0.5) is 0 Å². The van der Waals surface area contributed by atoms with Gasteiger partial charge in [0.15, 0.2) is 0 Å². The van der Waals surface area contributed by atoms with Gasteiger partial charge in [0.05, 0.1) is 12.8 Å². The van der Waals surface area contributed by atoms with Gasteiger partial charge >= 0.3 is 0 Å². The van der Waals surface area contributed by atoms with Crippen LogP contribution >= 0.6 is 34.2 Å². The maximum atomic E-state index is 12.0. The number of nitrogens with zero attached hydrogens (tertiary/aromatic N) is 1. The molecule has 0 aliphatic heterocycles. The van der Waals surface area contributed by atoms with Crippen LogP contribution < -0.4 is 10.2 Å². The van der Waals surface area contributed by atoms with Gasteiger partial charge in [0.2, 0.25) is 0 Å². The number of rotatable bonds is 6. The summed E-state index contributed by atoms with van der Waals surface area (Å²) in [6.07, 6.45) is 2.43. The number of hydrazone groups is 1. The Labute approximate surface area is 154 Å². The number of ether oxygens (including phenoxy) is 1. The summed E-state index contributed by atoms with van der Waals surface area (Å²) in [5.41, 5.74) is 3.77. The molecule has 2 rings (SSSR count). The van der Waals surface area contributed by atoms with Gasteiger partial charge < -0.3 is 4.74 Å². The van der Waals surface area contributed by atoms with E-state index in [1.807, 2.05) is 19.1 Å². The van der Waals surface area contributed by atoms with E-state index in [0.717, 1.165) is 9.99 Å². The summed E-state index contributed by atoms with van der Waals surface area (Å²) in [6.45, 7) is 2.64. The Morgan fingerprint density at radius 2 is 2.04 bits per heavy atom. The van der Waals surface area contributed by atoms with E-state index in [2.05, 4.69) is 33.1 Å². The number of halogens is 2. The van der Waals surface area contributed by atoms with Crippen molar-refractivity contribution in [2.24, 2.45) is 5.10 Å². The van der Waals surface area contributed by atoms with Crippen LogP contribution in [0.3, 0.4) is 0 Å². The van der Waals surface area contributed by atoms with E-state index in [9.17, 15) is 4.79 Å². The summed E-state index contributed by atoms with van der Waals surface area (Å²) < 4.78 is 6.70. The zero-order valence-corrected chi connectivity index (χ0v) is 15.5. The molecule has 2 aromatic rings. The smallest absolute Gasteiger partial charge is 0.271 e. The molecule has 120 valence electrons. The molecule has 2 aromatic carbocycles. The summed E-state index contributed by atoms with van der Waals surface area (Å²) in [5.74, 6) is 0.416. The number of benzene rings is 2. The molecule has 0 saturated heterocycles. The third-order valence-corrected chi connectivity index (χ3v) is 3.86. The number of carbonyl (C=O) groups is 1. The van der Waals surface area contributed by atoms with Crippen molar-refractivity contribution in [3.63, 3.8) is 0 Å². The molecule has 1 amide bonds. The molecule has 4 nitrogen and oxygen atoms in total. The third kappa shape index (κ3) is 5.51. The Bertz CT molecular complexity index is 702. The Morgan fingerprint density at radius 3 is 2.74 bits per heavy atom. The summed E-state index contributed by atoms with van der Waals surface area (Å²) >= 11 is 8.18. The van der Waals surface area contributed by atoms with Crippen LogP contribution in [0.25, 0.3) is 0 Å². The van der Waals surface area contributed by atoms with Crippen molar-refractivity contribution < 1.29 is 9.53 Å². The Balaban J connectivity index is 2.06. The van der Waals surface area contributed by atoms with Gasteiger partial charge in [-0.25, -0.2) is 5.43 Å². The van der Waals surface area contributed by atoms with Crippen LogP contribution in [0.2, 0.25) is 5.02 Å². The highest BCUT2D eigenvalue weighted by molar-refractivity contribution is 14.1. The van der Waals surface area contributed by atoms with E-state index in [-0.39, 0.29) is 5.91 Å². The van der Waals surface area contributed by atoms with Crippen molar-refractivity contribution in [2.75, 3.05) is 6.61 Å². The fourth-order valence-electron chi connectivity index (χ4n) is 1.79. The molecule has 0 fully saturated rings. The van der Waals surface area contributed by atoms with Crippen molar-refractivity contribution >= 4 is 46.3 Å². The second-order valence-corrected chi connectivity index (χ2v) is 6.42. The van der Waals surface area contributed by atoms with Gasteiger partial charge in [-0.15, -0.1) is 0 Å². The predicted octanol–water partition coefficient (Wildman–Crippen LogP) is 4.50. The molecule has 0 atom stereocenters. The lowest BCUT2D eigenvalue weighted by molar-refractivity contribution is 0.0955. The first-order chi connectivity index (χ1) is 11.1. The largest absolute Gasteiger partial charge is 0.493 e. The maximum Gasteiger partial charge on any atom is 0.271 e. The molecule has 23 heavy (non-hydrogen) atoms. The van der Waals surface area contributed by atoms with Crippen LogP contribution in [0.5, 0.6) is 5.75 Å².